The molecule has 3 nitrogen and oxygen atoms in total. The average molecular weight is 233 g/mol. The molecule has 0 saturated heterocycles. The topological polar surface area (TPSA) is 29.9 Å². The van der Waals surface area contributed by atoms with Gasteiger partial charge < -0.3 is 9.88 Å². The summed E-state index contributed by atoms with van der Waals surface area (Å²) in [5.41, 5.74) is 2.79. The van der Waals surface area contributed by atoms with Crippen molar-refractivity contribution in [1.29, 1.82) is 0 Å². The third-order valence-corrected chi connectivity index (χ3v) is 4.63. The van der Waals surface area contributed by atoms with E-state index in [1.807, 2.05) is 0 Å². The number of nitrogens with one attached hydrogen (secondary N) is 1. The number of nitrogens with zero attached hydrogens (tertiary/aromatic N) is 2. The van der Waals surface area contributed by atoms with Crippen molar-refractivity contribution in [2.24, 2.45) is 11.8 Å². The summed E-state index contributed by atoms with van der Waals surface area (Å²) in [4.78, 5) is 4.72. The number of hydrogen-bond acceptors (Lipinski definition) is 2. The van der Waals surface area contributed by atoms with E-state index in [1.54, 1.807) is 0 Å². The van der Waals surface area contributed by atoms with Gasteiger partial charge in [-0.3, -0.25) is 0 Å². The van der Waals surface area contributed by atoms with E-state index >= 15 is 0 Å². The van der Waals surface area contributed by atoms with Crippen molar-refractivity contribution in [3.63, 3.8) is 0 Å². The molecular weight excluding hydrogens is 210 g/mol. The second-order valence-corrected chi connectivity index (χ2v) is 5.76. The fraction of sp³-hybridized carbons (Fsp3) is 0.786. The Morgan fingerprint density at radius 1 is 1.41 bits per heavy atom. The number of fused-ring (bicyclic) bond motifs is 1. The van der Waals surface area contributed by atoms with Crippen LogP contribution < -0.4 is 5.32 Å². The first-order chi connectivity index (χ1) is 8.25. The lowest BCUT2D eigenvalue weighted by atomic mass is 9.98. The van der Waals surface area contributed by atoms with E-state index in [2.05, 4.69) is 23.7 Å². The highest BCUT2D eigenvalue weighted by molar-refractivity contribution is 5.20. The second-order valence-electron chi connectivity index (χ2n) is 5.76. The molecule has 3 rings (SSSR count). The maximum atomic E-state index is 4.72. The van der Waals surface area contributed by atoms with Gasteiger partial charge in [-0.15, -0.1) is 0 Å². The smallest absolute Gasteiger partial charge is 0.106 e. The molecule has 2 unspecified atom stereocenters. The molecule has 2 heterocycles. The minimum Gasteiger partial charge on any atom is -0.332 e. The van der Waals surface area contributed by atoms with Crippen molar-refractivity contribution in [1.82, 2.24) is 14.9 Å². The maximum absolute atomic E-state index is 4.72. The van der Waals surface area contributed by atoms with Gasteiger partial charge in [-0.2, -0.15) is 0 Å². The van der Waals surface area contributed by atoms with Crippen LogP contribution in [-0.4, -0.2) is 16.1 Å². The van der Waals surface area contributed by atoms with Crippen molar-refractivity contribution in [2.45, 2.75) is 52.6 Å². The van der Waals surface area contributed by atoms with Gasteiger partial charge in [-0.05, 0) is 25.2 Å². The Hall–Kier alpha value is -0.830. The van der Waals surface area contributed by atoms with Crippen LogP contribution >= 0.6 is 0 Å². The average Bonchev–Trinajstić information content (AvgIpc) is 2.85. The fourth-order valence-corrected chi connectivity index (χ4v) is 3.48. The normalized spacial score (nSPS) is 28.4. The van der Waals surface area contributed by atoms with Crippen molar-refractivity contribution in [3.8, 4) is 0 Å². The van der Waals surface area contributed by atoms with Crippen molar-refractivity contribution < 1.29 is 0 Å². The fourth-order valence-electron chi connectivity index (χ4n) is 3.48. The highest BCUT2D eigenvalue weighted by Gasteiger charge is 2.26. The minimum atomic E-state index is 0.877. The Balaban J connectivity index is 1.84. The van der Waals surface area contributed by atoms with Gasteiger partial charge in [-0.25, -0.2) is 4.98 Å². The highest BCUT2D eigenvalue weighted by atomic mass is 15.1. The van der Waals surface area contributed by atoms with E-state index in [4.69, 9.17) is 4.98 Å². The first-order valence-corrected chi connectivity index (χ1v) is 7.01. The summed E-state index contributed by atoms with van der Waals surface area (Å²) in [6.07, 6.45) is 5.40. The predicted octanol–water partition coefficient (Wildman–Crippen LogP) is 2.27. The van der Waals surface area contributed by atoms with Crippen LogP contribution in [0.15, 0.2) is 0 Å². The molecule has 1 saturated carbocycles. The van der Waals surface area contributed by atoms with Crippen LogP contribution in [0.3, 0.4) is 0 Å². The number of aryl methyl sites for hydroxylation is 1. The molecule has 0 bridgehead atoms. The van der Waals surface area contributed by atoms with Crippen LogP contribution in [0.5, 0.6) is 0 Å². The molecule has 17 heavy (non-hydrogen) atoms. The second kappa shape index (κ2) is 4.45. The molecule has 0 amide bonds. The molecule has 0 spiro atoms. The van der Waals surface area contributed by atoms with Crippen LogP contribution in [0, 0.1) is 18.8 Å². The number of rotatable bonds is 2. The van der Waals surface area contributed by atoms with Gasteiger partial charge in [0, 0.05) is 31.7 Å². The molecule has 1 aliphatic heterocycles. The summed E-state index contributed by atoms with van der Waals surface area (Å²) in [6.45, 7) is 7.85. The SMILES string of the molecule is Cc1nc2c(n1CC1CCCC1C)CCNC2. The van der Waals surface area contributed by atoms with Gasteiger partial charge >= 0.3 is 0 Å². The highest BCUT2D eigenvalue weighted by Crippen LogP contribution is 2.33. The van der Waals surface area contributed by atoms with Gasteiger partial charge in [0.25, 0.3) is 0 Å². The molecule has 1 aliphatic carbocycles. The summed E-state index contributed by atoms with van der Waals surface area (Å²) < 4.78 is 2.50. The molecule has 1 fully saturated rings. The standard InChI is InChI=1S/C14H23N3/c1-10-4-3-5-12(10)9-17-11(2)16-13-8-15-7-6-14(13)17/h10,12,15H,3-9H2,1-2H3. The Bertz CT molecular complexity index is 408. The van der Waals surface area contributed by atoms with Crippen molar-refractivity contribution >= 4 is 0 Å². The Kier molecular flexibility index (Phi) is 2.95. The third-order valence-electron chi connectivity index (χ3n) is 4.63. The minimum absolute atomic E-state index is 0.877. The van der Waals surface area contributed by atoms with Gasteiger partial charge in [-0.1, -0.05) is 19.8 Å². The number of hydrogen-bond donors (Lipinski definition) is 1. The van der Waals surface area contributed by atoms with Crippen LogP contribution in [0.25, 0.3) is 0 Å². The molecule has 1 aromatic rings. The largest absolute Gasteiger partial charge is 0.332 e. The molecule has 2 aliphatic rings. The summed E-state index contributed by atoms with van der Waals surface area (Å²) in [6, 6.07) is 0. The zero-order valence-electron chi connectivity index (χ0n) is 11.0. The molecule has 1 N–H and O–H groups in total. The molecule has 94 valence electrons. The van der Waals surface area contributed by atoms with Crippen LogP contribution in [0.1, 0.15) is 43.4 Å². The van der Waals surface area contributed by atoms with E-state index in [9.17, 15) is 0 Å². The first-order valence-electron chi connectivity index (χ1n) is 7.01. The molecular formula is C14H23N3. The Morgan fingerprint density at radius 3 is 3.06 bits per heavy atom. The van der Waals surface area contributed by atoms with Crippen LogP contribution in [0.2, 0.25) is 0 Å². The summed E-state index contributed by atoms with van der Waals surface area (Å²) in [5, 5.41) is 3.41. The zero-order valence-corrected chi connectivity index (χ0v) is 11.0. The Morgan fingerprint density at radius 2 is 2.29 bits per heavy atom. The van der Waals surface area contributed by atoms with Crippen LogP contribution in [-0.2, 0) is 19.5 Å². The summed E-state index contributed by atoms with van der Waals surface area (Å²) in [7, 11) is 0. The molecule has 0 aromatic carbocycles. The third kappa shape index (κ3) is 2.01. The monoisotopic (exact) mass is 233 g/mol. The van der Waals surface area contributed by atoms with Gasteiger partial charge in [0.1, 0.15) is 5.82 Å². The van der Waals surface area contributed by atoms with E-state index in [0.717, 1.165) is 31.3 Å². The summed E-state index contributed by atoms with van der Waals surface area (Å²) >= 11 is 0. The van der Waals surface area contributed by atoms with E-state index in [-0.39, 0.29) is 0 Å². The maximum Gasteiger partial charge on any atom is 0.106 e. The van der Waals surface area contributed by atoms with Crippen molar-refractivity contribution in [3.05, 3.63) is 17.2 Å². The van der Waals surface area contributed by atoms with E-state index in [0.29, 0.717) is 0 Å². The van der Waals surface area contributed by atoms with Gasteiger partial charge in [0.15, 0.2) is 0 Å². The van der Waals surface area contributed by atoms with Crippen molar-refractivity contribution in [2.75, 3.05) is 6.54 Å². The number of imidazole rings is 1. The lowest BCUT2D eigenvalue weighted by Crippen LogP contribution is -2.26. The lowest BCUT2D eigenvalue weighted by Gasteiger charge is -2.21. The van der Waals surface area contributed by atoms with Crippen LogP contribution in [0.4, 0.5) is 0 Å². The predicted molar refractivity (Wildman–Crippen MR) is 68.9 cm³/mol. The quantitative estimate of drug-likeness (QED) is 0.849. The number of aromatic nitrogens is 2. The Labute approximate surface area is 104 Å². The summed E-state index contributed by atoms with van der Waals surface area (Å²) in [5.74, 6) is 2.99. The lowest BCUT2D eigenvalue weighted by molar-refractivity contribution is 0.355. The van der Waals surface area contributed by atoms with E-state index < -0.39 is 0 Å². The van der Waals surface area contributed by atoms with Gasteiger partial charge in [0.2, 0.25) is 0 Å². The molecule has 2 atom stereocenters. The van der Waals surface area contributed by atoms with Gasteiger partial charge in [0.05, 0.1) is 5.69 Å². The molecule has 0 radical (unpaired) electrons. The first kappa shape index (κ1) is 11.3. The molecule has 3 heteroatoms. The zero-order chi connectivity index (χ0) is 11.8. The van der Waals surface area contributed by atoms with E-state index in [1.165, 1.54) is 43.0 Å². The molecule has 1 aromatic heterocycles.